The molecule has 1 atom stereocenters. The highest BCUT2D eigenvalue weighted by Gasteiger charge is 2.15. The minimum atomic E-state index is -0.237. The van der Waals surface area contributed by atoms with Crippen LogP contribution in [0.15, 0.2) is 46.9 Å². The van der Waals surface area contributed by atoms with E-state index < -0.39 is 0 Å². The molecule has 4 heteroatoms. The van der Waals surface area contributed by atoms with Gasteiger partial charge < -0.3 is 10.6 Å². The maximum atomic E-state index is 14.1. The van der Waals surface area contributed by atoms with Gasteiger partial charge in [0.25, 0.3) is 0 Å². The van der Waals surface area contributed by atoms with Crippen molar-refractivity contribution in [1.82, 2.24) is 0 Å². The molecule has 0 aliphatic heterocycles. The van der Waals surface area contributed by atoms with E-state index in [0.29, 0.717) is 12.2 Å². The van der Waals surface area contributed by atoms with E-state index in [-0.39, 0.29) is 11.9 Å². The number of nitrogens with two attached hydrogens (primary N) is 1. The molecule has 0 spiro atoms. The molecule has 2 aromatic carbocycles. The number of rotatable bonds is 4. The lowest BCUT2D eigenvalue weighted by molar-refractivity contribution is 0.616. The van der Waals surface area contributed by atoms with Gasteiger partial charge in [0.05, 0.1) is 5.69 Å². The molecule has 0 heterocycles. The molecule has 0 amide bonds. The standard InChI is InChI=1S/C16H18BrFN2/c1-11(19)14-4-3-5-15(18)16(14)20(2)10-12-6-8-13(17)9-7-12/h3-9,11H,10,19H2,1-2H3/t11-/m1/s1. The number of nitrogens with zero attached hydrogens (tertiary/aromatic N) is 1. The number of para-hydroxylation sites is 1. The van der Waals surface area contributed by atoms with Gasteiger partial charge in [0.2, 0.25) is 0 Å². The molecule has 0 aromatic heterocycles. The molecule has 0 bridgehead atoms. The minimum absolute atomic E-state index is 0.201. The second-order valence-electron chi connectivity index (χ2n) is 4.95. The monoisotopic (exact) mass is 336 g/mol. The Morgan fingerprint density at radius 1 is 1.20 bits per heavy atom. The Labute approximate surface area is 127 Å². The normalized spacial score (nSPS) is 12.2. The summed E-state index contributed by atoms with van der Waals surface area (Å²) in [4.78, 5) is 1.90. The van der Waals surface area contributed by atoms with E-state index in [1.807, 2.05) is 49.2 Å². The Bertz CT molecular complexity index is 582. The van der Waals surface area contributed by atoms with Crippen LogP contribution in [0.2, 0.25) is 0 Å². The maximum absolute atomic E-state index is 14.1. The van der Waals surface area contributed by atoms with Crippen LogP contribution in [-0.2, 0) is 6.54 Å². The van der Waals surface area contributed by atoms with E-state index in [9.17, 15) is 4.39 Å². The van der Waals surface area contributed by atoms with E-state index in [1.54, 1.807) is 6.07 Å². The molecule has 0 aliphatic carbocycles. The van der Waals surface area contributed by atoms with Gasteiger partial charge in [-0.1, -0.05) is 40.2 Å². The summed E-state index contributed by atoms with van der Waals surface area (Å²) in [6.45, 7) is 2.50. The molecule has 2 N–H and O–H groups in total. The average Bonchev–Trinajstić information content (AvgIpc) is 2.40. The summed E-state index contributed by atoms with van der Waals surface area (Å²) in [6, 6.07) is 12.9. The summed E-state index contributed by atoms with van der Waals surface area (Å²) in [5, 5.41) is 0. The third-order valence-corrected chi connectivity index (χ3v) is 3.75. The summed E-state index contributed by atoms with van der Waals surface area (Å²) in [5.41, 5.74) is 8.45. The molecule has 0 radical (unpaired) electrons. The zero-order chi connectivity index (χ0) is 14.7. The Hall–Kier alpha value is -1.39. The average molecular weight is 337 g/mol. The molecule has 0 saturated carbocycles. The summed E-state index contributed by atoms with van der Waals surface area (Å²) < 4.78 is 15.2. The highest BCUT2D eigenvalue weighted by Crippen LogP contribution is 2.28. The van der Waals surface area contributed by atoms with Crippen molar-refractivity contribution in [1.29, 1.82) is 0 Å². The number of halogens is 2. The van der Waals surface area contributed by atoms with Crippen molar-refractivity contribution in [3.8, 4) is 0 Å². The van der Waals surface area contributed by atoms with Crippen LogP contribution in [0.1, 0.15) is 24.1 Å². The SMILES string of the molecule is C[C@@H](N)c1cccc(F)c1N(C)Cc1ccc(Br)cc1. The van der Waals surface area contributed by atoms with Gasteiger partial charge in [-0.05, 0) is 36.2 Å². The molecule has 0 unspecified atom stereocenters. The van der Waals surface area contributed by atoms with Gasteiger partial charge in [0.1, 0.15) is 5.82 Å². The smallest absolute Gasteiger partial charge is 0.146 e. The zero-order valence-electron chi connectivity index (χ0n) is 11.6. The predicted molar refractivity (Wildman–Crippen MR) is 85.3 cm³/mol. The molecule has 2 nitrogen and oxygen atoms in total. The van der Waals surface area contributed by atoms with Gasteiger partial charge in [0.15, 0.2) is 0 Å². The van der Waals surface area contributed by atoms with Crippen LogP contribution in [0.5, 0.6) is 0 Å². The first-order valence-corrected chi connectivity index (χ1v) is 7.28. The van der Waals surface area contributed by atoms with Crippen molar-refractivity contribution in [3.63, 3.8) is 0 Å². The molecule has 2 aromatic rings. The summed E-state index contributed by atoms with van der Waals surface area (Å²) >= 11 is 3.41. The van der Waals surface area contributed by atoms with Crippen LogP contribution >= 0.6 is 15.9 Å². The van der Waals surface area contributed by atoms with Crippen LogP contribution < -0.4 is 10.6 Å². The van der Waals surface area contributed by atoms with Gasteiger partial charge in [-0.2, -0.15) is 0 Å². The fourth-order valence-corrected chi connectivity index (χ4v) is 2.51. The number of hydrogen-bond acceptors (Lipinski definition) is 2. The molecule has 0 fully saturated rings. The van der Waals surface area contributed by atoms with Crippen LogP contribution in [0.4, 0.5) is 10.1 Å². The van der Waals surface area contributed by atoms with Gasteiger partial charge >= 0.3 is 0 Å². The van der Waals surface area contributed by atoms with Crippen LogP contribution in [0, 0.1) is 5.82 Å². The highest BCUT2D eigenvalue weighted by atomic mass is 79.9. The highest BCUT2D eigenvalue weighted by molar-refractivity contribution is 9.10. The molecule has 106 valence electrons. The lowest BCUT2D eigenvalue weighted by Gasteiger charge is -2.24. The summed E-state index contributed by atoms with van der Waals surface area (Å²) in [6.07, 6.45) is 0. The van der Waals surface area contributed by atoms with E-state index in [4.69, 9.17) is 5.73 Å². The van der Waals surface area contributed by atoms with Crippen LogP contribution in [-0.4, -0.2) is 7.05 Å². The van der Waals surface area contributed by atoms with E-state index in [1.165, 1.54) is 6.07 Å². The molecule has 2 rings (SSSR count). The topological polar surface area (TPSA) is 29.3 Å². The van der Waals surface area contributed by atoms with Crippen molar-refractivity contribution in [3.05, 3.63) is 63.9 Å². The largest absolute Gasteiger partial charge is 0.368 e. The third-order valence-electron chi connectivity index (χ3n) is 3.22. The molecule has 20 heavy (non-hydrogen) atoms. The molecular formula is C16H18BrFN2. The Kier molecular flexibility index (Phi) is 4.78. The van der Waals surface area contributed by atoms with Gasteiger partial charge in [-0.3, -0.25) is 0 Å². The van der Waals surface area contributed by atoms with Gasteiger partial charge in [-0.25, -0.2) is 4.39 Å². The number of hydrogen-bond donors (Lipinski definition) is 1. The van der Waals surface area contributed by atoms with Crippen molar-refractivity contribution >= 4 is 21.6 Å². The van der Waals surface area contributed by atoms with Crippen molar-refractivity contribution in [2.75, 3.05) is 11.9 Å². The Morgan fingerprint density at radius 3 is 2.45 bits per heavy atom. The van der Waals surface area contributed by atoms with Crippen molar-refractivity contribution in [2.45, 2.75) is 19.5 Å². The Morgan fingerprint density at radius 2 is 1.85 bits per heavy atom. The number of anilines is 1. The van der Waals surface area contributed by atoms with Gasteiger partial charge in [-0.15, -0.1) is 0 Å². The molecule has 0 saturated heterocycles. The third kappa shape index (κ3) is 3.38. The van der Waals surface area contributed by atoms with E-state index in [2.05, 4.69) is 15.9 Å². The van der Waals surface area contributed by atoms with Crippen molar-refractivity contribution in [2.24, 2.45) is 5.73 Å². The fourth-order valence-electron chi connectivity index (χ4n) is 2.24. The van der Waals surface area contributed by atoms with Crippen LogP contribution in [0.3, 0.4) is 0 Å². The predicted octanol–water partition coefficient (Wildman–Crippen LogP) is 4.24. The van der Waals surface area contributed by atoms with Crippen molar-refractivity contribution < 1.29 is 4.39 Å². The lowest BCUT2D eigenvalue weighted by atomic mass is 10.0. The second kappa shape index (κ2) is 6.37. The quantitative estimate of drug-likeness (QED) is 0.904. The summed E-state index contributed by atoms with van der Waals surface area (Å²) in [7, 11) is 1.88. The first kappa shape index (κ1) is 15.0. The first-order valence-electron chi connectivity index (χ1n) is 6.48. The number of benzene rings is 2. The lowest BCUT2D eigenvalue weighted by Crippen LogP contribution is -2.21. The Balaban J connectivity index is 2.29. The summed E-state index contributed by atoms with van der Waals surface area (Å²) in [5.74, 6) is -0.237. The second-order valence-corrected chi connectivity index (χ2v) is 5.86. The molecule has 0 aliphatic rings. The fraction of sp³-hybridized carbons (Fsp3) is 0.250. The molecular weight excluding hydrogens is 319 g/mol. The first-order chi connectivity index (χ1) is 9.49. The van der Waals surface area contributed by atoms with E-state index in [0.717, 1.165) is 15.6 Å². The van der Waals surface area contributed by atoms with Gasteiger partial charge in [0, 0.05) is 24.1 Å². The zero-order valence-corrected chi connectivity index (χ0v) is 13.2. The van der Waals surface area contributed by atoms with Crippen LogP contribution in [0.25, 0.3) is 0 Å². The van der Waals surface area contributed by atoms with E-state index >= 15 is 0 Å². The maximum Gasteiger partial charge on any atom is 0.146 e. The minimum Gasteiger partial charge on any atom is -0.368 e.